The molecule has 0 saturated heterocycles. The highest BCUT2D eigenvalue weighted by Crippen LogP contribution is 2.24. The van der Waals surface area contributed by atoms with Gasteiger partial charge in [-0.1, -0.05) is 41.6 Å². The minimum Gasteiger partial charge on any atom is -0.341 e. The van der Waals surface area contributed by atoms with Crippen LogP contribution in [-0.2, 0) is 11.3 Å². The molecular weight excluding hydrogens is 387 g/mol. The van der Waals surface area contributed by atoms with Crippen molar-refractivity contribution in [3.05, 3.63) is 70.8 Å². The summed E-state index contributed by atoms with van der Waals surface area (Å²) in [5, 5.41) is 9.30. The molecule has 0 aliphatic heterocycles. The fourth-order valence-corrected chi connectivity index (χ4v) is 3.46. The van der Waals surface area contributed by atoms with E-state index in [0.29, 0.717) is 16.7 Å². The van der Waals surface area contributed by atoms with Crippen molar-refractivity contribution in [3.8, 4) is 5.69 Å². The molecule has 27 heavy (non-hydrogen) atoms. The van der Waals surface area contributed by atoms with Crippen LogP contribution in [0.2, 0.25) is 5.02 Å². The fraction of sp³-hybridized carbons (Fsp3) is 0.211. The number of hydrogen-bond acceptors (Lipinski definition) is 4. The smallest absolute Gasteiger partial charge is 0.233 e. The van der Waals surface area contributed by atoms with Crippen molar-refractivity contribution in [2.45, 2.75) is 18.6 Å². The van der Waals surface area contributed by atoms with Crippen molar-refractivity contribution in [1.82, 2.24) is 19.7 Å². The van der Waals surface area contributed by atoms with Gasteiger partial charge in [0.2, 0.25) is 5.91 Å². The molecule has 0 N–H and O–H groups in total. The van der Waals surface area contributed by atoms with E-state index in [9.17, 15) is 9.18 Å². The van der Waals surface area contributed by atoms with Gasteiger partial charge < -0.3 is 4.90 Å². The molecule has 0 bridgehead atoms. The van der Waals surface area contributed by atoms with Gasteiger partial charge in [-0.05, 0) is 42.3 Å². The summed E-state index contributed by atoms with van der Waals surface area (Å²) in [5.74, 6) is -0.129. The Morgan fingerprint density at radius 3 is 2.70 bits per heavy atom. The highest BCUT2D eigenvalue weighted by Gasteiger charge is 2.14. The first-order valence-corrected chi connectivity index (χ1v) is 9.58. The van der Waals surface area contributed by atoms with Gasteiger partial charge in [-0.25, -0.2) is 4.39 Å². The van der Waals surface area contributed by atoms with Crippen molar-refractivity contribution in [3.63, 3.8) is 0 Å². The van der Waals surface area contributed by atoms with E-state index < -0.39 is 0 Å². The van der Waals surface area contributed by atoms with Crippen molar-refractivity contribution in [1.29, 1.82) is 0 Å². The zero-order valence-electron chi connectivity index (χ0n) is 14.9. The number of amides is 1. The minimum atomic E-state index is -0.293. The number of aryl methyl sites for hydroxylation is 1. The molecule has 0 aliphatic rings. The molecule has 1 amide bonds. The number of aromatic nitrogens is 3. The molecule has 0 atom stereocenters. The lowest BCUT2D eigenvalue weighted by atomic mass is 10.2. The molecule has 2 aromatic carbocycles. The van der Waals surface area contributed by atoms with Gasteiger partial charge in [0.1, 0.15) is 12.1 Å². The van der Waals surface area contributed by atoms with Crippen LogP contribution in [0.1, 0.15) is 11.1 Å². The SMILES string of the molecule is Cc1ccc(-n2cnnc2SCC(=O)N(C)Cc2ccc(F)cc2)cc1Cl. The summed E-state index contributed by atoms with van der Waals surface area (Å²) in [4.78, 5) is 14.0. The molecule has 0 saturated carbocycles. The summed E-state index contributed by atoms with van der Waals surface area (Å²) in [6.07, 6.45) is 1.59. The third-order valence-corrected chi connectivity index (χ3v) is 5.37. The summed E-state index contributed by atoms with van der Waals surface area (Å²) in [6, 6.07) is 11.8. The Labute approximate surface area is 166 Å². The number of carbonyl (C=O) groups is 1. The second kappa shape index (κ2) is 8.54. The van der Waals surface area contributed by atoms with Crippen molar-refractivity contribution in [2.75, 3.05) is 12.8 Å². The number of thioether (sulfide) groups is 1. The first kappa shape index (κ1) is 19.4. The molecule has 3 rings (SSSR count). The lowest BCUT2D eigenvalue weighted by Gasteiger charge is -2.17. The van der Waals surface area contributed by atoms with Crippen LogP contribution in [-0.4, -0.2) is 38.4 Å². The molecule has 3 aromatic rings. The van der Waals surface area contributed by atoms with E-state index >= 15 is 0 Å². The van der Waals surface area contributed by atoms with Crippen LogP contribution in [0.4, 0.5) is 4.39 Å². The van der Waals surface area contributed by atoms with E-state index in [4.69, 9.17) is 11.6 Å². The molecule has 0 aliphatic carbocycles. The number of halogens is 2. The van der Waals surface area contributed by atoms with E-state index in [2.05, 4.69) is 10.2 Å². The Balaban J connectivity index is 1.63. The standard InChI is InChI=1S/C19H18ClFN4OS/c1-13-3-8-16(9-17(13)20)25-12-22-23-19(25)27-11-18(26)24(2)10-14-4-6-15(21)7-5-14/h3-9,12H,10-11H2,1-2H3. The molecule has 5 nitrogen and oxygen atoms in total. The van der Waals surface area contributed by atoms with E-state index in [-0.39, 0.29) is 17.5 Å². The first-order chi connectivity index (χ1) is 12.9. The van der Waals surface area contributed by atoms with Crippen LogP contribution in [0.25, 0.3) is 5.69 Å². The lowest BCUT2D eigenvalue weighted by Crippen LogP contribution is -2.27. The molecule has 0 spiro atoms. The largest absolute Gasteiger partial charge is 0.341 e. The summed E-state index contributed by atoms with van der Waals surface area (Å²) >= 11 is 7.50. The summed E-state index contributed by atoms with van der Waals surface area (Å²) in [7, 11) is 1.72. The fourth-order valence-electron chi connectivity index (χ4n) is 2.42. The minimum absolute atomic E-state index is 0.0548. The molecule has 0 fully saturated rings. The quantitative estimate of drug-likeness (QED) is 0.580. The highest BCUT2D eigenvalue weighted by atomic mass is 35.5. The second-order valence-electron chi connectivity index (χ2n) is 6.08. The molecule has 1 heterocycles. The Morgan fingerprint density at radius 2 is 2.00 bits per heavy atom. The number of benzene rings is 2. The Hall–Kier alpha value is -2.38. The molecule has 8 heteroatoms. The summed E-state index contributed by atoms with van der Waals surface area (Å²) in [5.41, 5.74) is 2.69. The zero-order chi connectivity index (χ0) is 19.4. The topological polar surface area (TPSA) is 51.0 Å². The molecule has 0 radical (unpaired) electrons. The average Bonchev–Trinajstić information content (AvgIpc) is 3.12. The number of nitrogens with zero attached hydrogens (tertiary/aromatic N) is 4. The second-order valence-corrected chi connectivity index (χ2v) is 7.43. The maximum Gasteiger partial charge on any atom is 0.233 e. The van der Waals surface area contributed by atoms with E-state index in [1.165, 1.54) is 23.9 Å². The molecule has 1 aromatic heterocycles. The van der Waals surface area contributed by atoms with E-state index in [0.717, 1.165) is 16.8 Å². The van der Waals surface area contributed by atoms with E-state index in [1.807, 2.05) is 25.1 Å². The molecule has 140 valence electrons. The Morgan fingerprint density at radius 1 is 1.26 bits per heavy atom. The third kappa shape index (κ3) is 4.87. The van der Waals surface area contributed by atoms with Crippen molar-refractivity contribution in [2.24, 2.45) is 0 Å². The van der Waals surface area contributed by atoms with Crippen LogP contribution in [0.3, 0.4) is 0 Å². The zero-order valence-corrected chi connectivity index (χ0v) is 16.5. The van der Waals surface area contributed by atoms with Crippen LogP contribution >= 0.6 is 23.4 Å². The monoisotopic (exact) mass is 404 g/mol. The van der Waals surface area contributed by atoms with Gasteiger partial charge in [-0.15, -0.1) is 10.2 Å². The highest BCUT2D eigenvalue weighted by molar-refractivity contribution is 7.99. The van der Waals surface area contributed by atoms with Crippen LogP contribution in [0.15, 0.2) is 53.9 Å². The number of hydrogen-bond donors (Lipinski definition) is 0. The first-order valence-electron chi connectivity index (χ1n) is 8.22. The average molecular weight is 405 g/mol. The van der Waals surface area contributed by atoms with Crippen molar-refractivity contribution >= 4 is 29.3 Å². The predicted molar refractivity (Wildman–Crippen MR) is 105 cm³/mol. The predicted octanol–water partition coefficient (Wildman–Crippen LogP) is 4.12. The maximum atomic E-state index is 13.0. The lowest BCUT2D eigenvalue weighted by molar-refractivity contribution is -0.127. The van der Waals surface area contributed by atoms with Crippen LogP contribution in [0, 0.1) is 12.7 Å². The summed E-state index contributed by atoms with van der Waals surface area (Å²) < 4.78 is 14.8. The van der Waals surface area contributed by atoms with Gasteiger partial charge in [0, 0.05) is 18.6 Å². The molecular formula is C19H18ClFN4OS. The third-order valence-electron chi connectivity index (χ3n) is 4.03. The normalized spacial score (nSPS) is 10.8. The van der Waals surface area contributed by atoms with E-state index in [1.54, 1.807) is 35.0 Å². The number of rotatable bonds is 6. The number of carbonyl (C=O) groups excluding carboxylic acids is 1. The van der Waals surface area contributed by atoms with Crippen LogP contribution < -0.4 is 0 Å². The Kier molecular flexibility index (Phi) is 6.13. The van der Waals surface area contributed by atoms with Gasteiger partial charge in [0.25, 0.3) is 0 Å². The van der Waals surface area contributed by atoms with Gasteiger partial charge >= 0.3 is 0 Å². The Bertz CT molecular complexity index is 945. The maximum absolute atomic E-state index is 13.0. The molecule has 0 unspecified atom stereocenters. The van der Waals surface area contributed by atoms with Gasteiger partial charge in [0.15, 0.2) is 5.16 Å². The van der Waals surface area contributed by atoms with Gasteiger partial charge in [-0.3, -0.25) is 9.36 Å². The summed E-state index contributed by atoms with van der Waals surface area (Å²) in [6.45, 7) is 2.35. The van der Waals surface area contributed by atoms with Crippen LogP contribution in [0.5, 0.6) is 0 Å². The van der Waals surface area contributed by atoms with Crippen molar-refractivity contribution < 1.29 is 9.18 Å². The van der Waals surface area contributed by atoms with Gasteiger partial charge in [0.05, 0.1) is 11.4 Å². The van der Waals surface area contributed by atoms with Gasteiger partial charge in [-0.2, -0.15) is 0 Å².